The number of carbonyl (C=O) groups is 1. The van der Waals surface area contributed by atoms with Crippen molar-refractivity contribution in [2.45, 2.75) is 6.54 Å². The highest BCUT2D eigenvalue weighted by atomic mass is 32.1. The van der Waals surface area contributed by atoms with E-state index in [-0.39, 0.29) is 5.91 Å². The third-order valence-corrected chi connectivity index (χ3v) is 6.41. The molecule has 1 aliphatic rings. The summed E-state index contributed by atoms with van der Waals surface area (Å²) in [7, 11) is 3.20. The average molecular weight is 439 g/mol. The van der Waals surface area contributed by atoms with Crippen LogP contribution in [0.4, 0.5) is 5.00 Å². The molecule has 2 heterocycles. The lowest BCUT2D eigenvalue weighted by Crippen LogP contribution is -2.35. The van der Waals surface area contributed by atoms with Gasteiger partial charge in [0.15, 0.2) is 11.5 Å². The minimum atomic E-state index is -0.0866. The molecule has 1 fully saturated rings. The van der Waals surface area contributed by atoms with E-state index in [0.29, 0.717) is 36.1 Å². The van der Waals surface area contributed by atoms with E-state index in [1.165, 1.54) is 11.3 Å². The van der Waals surface area contributed by atoms with Crippen molar-refractivity contribution in [2.75, 3.05) is 45.4 Å². The van der Waals surface area contributed by atoms with E-state index in [4.69, 9.17) is 14.2 Å². The van der Waals surface area contributed by atoms with Crippen LogP contribution in [0.2, 0.25) is 0 Å². The number of hydrogen-bond acceptors (Lipinski definition) is 6. The Bertz CT molecular complexity index is 1030. The van der Waals surface area contributed by atoms with Crippen molar-refractivity contribution in [1.29, 1.82) is 0 Å². The predicted molar refractivity (Wildman–Crippen MR) is 124 cm³/mol. The number of benzene rings is 2. The number of carbonyl (C=O) groups excluding carboxylic acids is 1. The topological polar surface area (TPSA) is 60.0 Å². The van der Waals surface area contributed by atoms with Crippen LogP contribution in [0.3, 0.4) is 0 Å². The van der Waals surface area contributed by atoms with Gasteiger partial charge in [0, 0.05) is 25.2 Å². The second kappa shape index (κ2) is 9.85. The Morgan fingerprint density at radius 3 is 2.48 bits per heavy atom. The van der Waals surface area contributed by atoms with Crippen molar-refractivity contribution < 1.29 is 19.0 Å². The Hall–Kier alpha value is -3.03. The van der Waals surface area contributed by atoms with Crippen LogP contribution in [0.1, 0.15) is 15.2 Å². The quantitative estimate of drug-likeness (QED) is 0.599. The SMILES string of the molecule is COc1ccc(CNC(=O)c2cc(-c3ccccc3)c(N3CCOCC3)s2)cc1OC. The Morgan fingerprint density at radius 1 is 1.03 bits per heavy atom. The number of anilines is 1. The monoisotopic (exact) mass is 438 g/mol. The molecule has 6 nitrogen and oxygen atoms in total. The largest absolute Gasteiger partial charge is 0.493 e. The first kappa shape index (κ1) is 21.2. The Balaban J connectivity index is 1.54. The average Bonchev–Trinajstić information content (AvgIpc) is 3.29. The van der Waals surface area contributed by atoms with E-state index >= 15 is 0 Å². The fourth-order valence-corrected chi connectivity index (χ4v) is 4.73. The molecule has 0 atom stereocenters. The number of nitrogens with one attached hydrogen (secondary N) is 1. The molecule has 1 amide bonds. The molecule has 0 bridgehead atoms. The van der Waals surface area contributed by atoms with Crippen LogP contribution in [-0.2, 0) is 11.3 Å². The van der Waals surface area contributed by atoms with E-state index < -0.39 is 0 Å². The van der Waals surface area contributed by atoms with E-state index in [1.54, 1.807) is 14.2 Å². The molecule has 0 aliphatic carbocycles. The summed E-state index contributed by atoms with van der Waals surface area (Å²) in [6.07, 6.45) is 0. The number of ether oxygens (including phenoxy) is 3. The van der Waals surface area contributed by atoms with Crippen molar-refractivity contribution in [3.8, 4) is 22.6 Å². The van der Waals surface area contributed by atoms with Gasteiger partial charge in [-0.05, 0) is 29.3 Å². The first-order valence-electron chi connectivity index (χ1n) is 10.2. The maximum atomic E-state index is 13.0. The summed E-state index contributed by atoms with van der Waals surface area (Å²) in [4.78, 5) is 16.0. The van der Waals surface area contributed by atoms with Crippen molar-refractivity contribution >= 4 is 22.2 Å². The summed E-state index contributed by atoms with van der Waals surface area (Å²) in [6, 6.07) is 17.8. The van der Waals surface area contributed by atoms with Gasteiger partial charge in [0.2, 0.25) is 0 Å². The summed E-state index contributed by atoms with van der Waals surface area (Å²) in [5.41, 5.74) is 3.14. The fraction of sp³-hybridized carbons (Fsp3) is 0.292. The molecule has 0 spiro atoms. The lowest BCUT2D eigenvalue weighted by atomic mass is 10.1. The van der Waals surface area contributed by atoms with Gasteiger partial charge in [0.25, 0.3) is 5.91 Å². The van der Waals surface area contributed by atoms with E-state index in [0.717, 1.165) is 34.8 Å². The van der Waals surface area contributed by atoms with Crippen molar-refractivity contribution in [1.82, 2.24) is 5.32 Å². The van der Waals surface area contributed by atoms with E-state index in [9.17, 15) is 4.79 Å². The summed E-state index contributed by atoms with van der Waals surface area (Å²) in [5.74, 6) is 1.22. The zero-order valence-corrected chi connectivity index (χ0v) is 18.5. The smallest absolute Gasteiger partial charge is 0.261 e. The molecule has 7 heteroatoms. The Morgan fingerprint density at radius 2 is 1.77 bits per heavy atom. The van der Waals surface area contributed by atoms with Crippen LogP contribution in [0.25, 0.3) is 11.1 Å². The molecule has 1 N–H and O–H groups in total. The van der Waals surface area contributed by atoms with Gasteiger partial charge in [0.1, 0.15) is 0 Å². The van der Waals surface area contributed by atoms with Gasteiger partial charge >= 0.3 is 0 Å². The first-order valence-corrected chi connectivity index (χ1v) is 11.0. The van der Waals surface area contributed by atoms with Crippen molar-refractivity contribution in [3.05, 3.63) is 65.0 Å². The number of rotatable bonds is 7. The van der Waals surface area contributed by atoms with E-state index in [2.05, 4.69) is 22.3 Å². The van der Waals surface area contributed by atoms with Crippen molar-refractivity contribution in [3.63, 3.8) is 0 Å². The van der Waals surface area contributed by atoms with Gasteiger partial charge in [-0.3, -0.25) is 4.79 Å². The number of methoxy groups -OCH3 is 2. The zero-order valence-electron chi connectivity index (χ0n) is 17.7. The molecular formula is C24H26N2O4S. The molecule has 162 valence electrons. The molecule has 1 aromatic heterocycles. The molecular weight excluding hydrogens is 412 g/mol. The zero-order chi connectivity index (χ0) is 21.6. The molecule has 0 unspecified atom stereocenters. The molecule has 4 rings (SSSR count). The normalized spacial score (nSPS) is 13.7. The van der Waals surface area contributed by atoms with Crippen LogP contribution in [0, 0.1) is 0 Å². The molecule has 0 saturated carbocycles. The lowest BCUT2D eigenvalue weighted by molar-refractivity contribution is 0.0955. The van der Waals surface area contributed by atoms with Gasteiger partial charge in [-0.2, -0.15) is 0 Å². The Labute approximate surface area is 186 Å². The summed E-state index contributed by atoms with van der Waals surface area (Å²) >= 11 is 1.53. The number of thiophene rings is 1. The third kappa shape index (κ3) is 4.84. The highest BCUT2D eigenvalue weighted by molar-refractivity contribution is 7.18. The second-order valence-electron chi connectivity index (χ2n) is 7.17. The fourth-order valence-electron chi connectivity index (χ4n) is 3.58. The molecule has 1 aliphatic heterocycles. The standard InChI is InChI=1S/C24H26N2O4S/c1-28-20-9-8-17(14-21(20)29-2)16-25-23(27)22-15-19(18-6-4-3-5-7-18)24(31-22)26-10-12-30-13-11-26/h3-9,14-15H,10-13,16H2,1-2H3,(H,25,27). The highest BCUT2D eigenvalue weighted by Crippen LogP contribution is 2.39. The van der Waals surface area contributed by atoms with E-state index in [1.807, 2.05) is 42.5 Å². The number of nitrogens with zero attached hydrogens (tertiary/aromatic N) is 1. The lowest BCUT2D eigenvalue weighted by Gasteiger charge is -2.28. The first-order chi connectivity index (χ1) is 15.2. The molecule has 2 aromatic carbocycles. The van der Waals surface area contributed by atoms with Gasteiger partial charge in [-0.1, -0.05) is 36.4 Å². The van der Waals surface area contributed by atoms with Gasteiger partial charge in [-0.25, -0.2) is 0 Å². The maximum Gasteiger partial charge on any atom is 0.261 e. The maximum absolute atomic E-state index is 13.0. The molecule has 31 heavy (non-hydrogen) atoms. The summed E-state index contributed by atoms with van der Waals surface area (Å²) in [5, 5.41) is 4.15. The molecule has 3 aromatic rings. The van der Waals surface area contributed by atoms with Crippen LogP contribution < -0.4 is 19.7 Å². The Kier molecular flexibility index (Phi) is 6.74. The highest BCUT2D eigenvalue weighted by Gasteiger charge is 2.22. The number of amides is 1. The number of morpholine rings is 1. The van der Waals surface area contributed by atoms with Gasteiger partial charge in [0.05, 0.1) is 37.3 Å². The summed E-state index contributed by atoms with van der Waals surface area (Å²) < 4.78 is 16.1. The van der Waals surface area contributed by atoms with Crippen LogP contribution >= 0.6 is 11.3 Å². The second-order valence-corrected chi connectivity index (χ2v) is 8.20. The summed E-state index contributed by atoms with van der Waals surface area (Å²) in [6.45, 7) is 3.46. The molecule has 0 radical (unpaired) electrons. The van der Waals surface area contributed by atoms with Gasteiger partial charge < -0.3 is 24.4 Å². The minimum absolute atomic E-state index is 0.0866. The third-order valence-electron chi connectivity index (χ3n) is 5.22. The van der Waals surface area contributed by atoms with Crippen LogP contribution in [0.15, 0.2) is 54.6 Å². The predicted octanol–water partition coefficient (Wildman–Crippen LogP) is 4.20. The number of hydrogen-bond donors (Lipinski definition) is 1. The molecule has 1 saturated heterocycles. The van der Waals surface area contributed by atoms with Crippen LogP contribution in [0.5, 0.6) is 11.5 Å². The van der Waals surface area contributed by atoms with Gasteiger partial charge in [-0.15, -0.1) is 11.3 Å². The van der Waals surface area contributed by atoms with Crippen LogP contribution in [-0.4, -0.2) is 46.4 Å². The van der Waals surface area contributed by atoms with Crippen molar-refractivity contribution in [2.24, 2.45) is 0 Å². The minimum Gasteiger partial charge on any atom is -0.493 e.